The summed E-state index contributed by atoms with van der Waals surface area (Å²) in [5.74, 6) is -0.0319. The molecular weight excluding hydrogens is 326 g/mol. The minimum atomic E-state index is -0.355. The van der Waals surface area contributed by atoms with E-state index in [4.69, 9.17) is 17.0 Å². The molecule has 6 nitrogen and oxygen atoms in total. The highest BCUT2D eigenvalue weighted by Crippen LogP contribution is 2.17. The summed E-state index contributed by atoms with van der Waals surface area (Å²) in [7, 11) is 1.54. The summed E-state index contributed by atoms with van der Waals surface area (Å²) in [5.41, 5.74) is 6.16. The zero-order valence-corrected chi connectivity index (χ0v) is 13.9. The number of amides is 2. The van der Waals surface area contributed by atoms with E-state index in [1.54, 1.807) is 43.5 Å². The molecular formula is C17H17N3O3S. The van der Waals surface area contributed by atoms with E-state index in [0.29, 0.717) is 11.3 Å². The molecule has 0 radical (unpaired) electrons. The van der Waals surface area contributed by atoms with Crippen LogP contribution in [0.25, 0.3) is 0 Å². The predicted octanol–water partition coefficient (Wildman–Crippen LogP) is 1.57. The van der Waals surface area contributed by atoms with Gasteiger partial charge in [0.05, 0.1) is 13.5 Å². The quantitative estimate of drug-likeness (QED) is 0.580. The second-order valence-electron chi connectivity index (χ2n) is 4.81. The standard InChI is InChI=1S/C17H17N3O3S/c1-23-14-10-6-5-9-13(14)11-15(21)19-20-17(24)18-16(22)12-7-3-2-4-8-12/h2-10H,11H2,1H3,(H,19,21)(H2,18,20,22,24). The molecule has 0 saturated heterocycles. The number of carbonyl (C=O) groups is 2. The lowest BCUT2D eigenvalue weighted by atomic mass is 10.1. The molecule has 0 unspecified atom stereocenters. The SMILES string of the molecule is COc1ccccc1CC(=O)NNC(=S)NC(=O)c1ccccc1. The van der Waals surface area contributed by atoms with Crippen molar-refractivity contribution in [3.63, 3.8) is 0 Å². The molecule has 0 bridgehead atoms. The van der Waals surface area contributed by atoms with E-state index in [-0.39, 0.29) is 23.3 Å². The third-order valence-electron chi connectivity index (χ3n) is 3.12. The molecule has 2 amide bonds. The molecule has 7 heteroatoms. The molecule has 0 atom stereocenters. The average molecular weight is 343 g/mol. The first-order valence-corrected chi connectivity index (χ1v) is 7.58. The lowest BCUT2D eigenvalue weighted by Gasteiger charge is -2.12. The van der Waals surface area contributed by atoms with Crippen molar-refractivity contribution in [1.29, 1.82) is 0 Å². The van der Waals surface area contributed by atoms with Crippen LogP contribution in [-0.2, 0) is 11.2 Å². The topological polar surface area (TPSA) is 79.5 Å². The molecule has 3 N–H and O–H groups in total. The fourth-order valence-electron chi connectivity index (χ4n) is 1.99. The summed E-state index contributed by atoms with van der Waals surface area (Å²) in [6.45, 7) is 0. The first kappa shape index (κ1) is 17.4. The highest BCUT2D eigenvalue weighted by atomic mass is 32.1. The molecule has 0 spiro atoms. The number of rotatable bonds is 4. The number of hydrogen-bond acceptors (Lipinski definition) is 4. The van der Waals surface area contributed by atoms with Gasteiger partial charge >= 0.3 is 0 Å². The molecule has 0 saturated carbocycles. The summed E-state index contributed by atoms with van der Waals surface area (Å²) in [6, 6.07) is 15.9. The number of benzene rings is 2. The second-order valence-corrected chi connectivity index (χ2v) is 5.22. The molecule has 0 aliphatic carbocycles. The van der Waals surface area contributed by atoms with Gasteiger partial charge < -0.3 is 4.74 Å². The van der Waals surface area contributed by atoms with Crippen LogP contribution in [0.3, 0.4) is 0 Å². The third-order valence-corrected chi connectivity index (χ3v) is 3.33. The first-order chi connectivity index (χ1) is 11.6. The third kappa shape index (κ3) is 5.06. The minimum Gasteiger partial charge on any atom is -0.496 e. The first-order valence-electron chi connectivity index (χ1n) is 7.17. The fraction of sp³-hybridized carbons (Fsp3) is 0.118. The van der Waals surface area contributed by atoms with E-state index in [0.717, 1.165) is 5.56 Å². The van der Waals surface area contributed by atoms with Crippen LogP contribution in [0.15, 0.2) is 54.6 Å². The van der Waals surface area contributed by atoms with Gasteiger partial charge in [0.15, 0.2) is 5.11 Å². The van der Waals surface area contributed by atoms with E-state index < -0.39 is 0 Å². The van der Waals surface area contributed by atoms with E-state index in [1.165, 1.54) is 0 Å². The summed E-state index contributed by atoms with van der Waals surface area (Å²) < 4.78 is 5.19. The normalized spacial score (nSPS) is 9.71. The molecule has 0 aromatic heterocycles. The van der Waals surface area contributed by atoms with Crippen molar-refractivity contribution in [2.24, 2.45) is 0 Å². The number of ether oxygens (including phenoxy) is 1. The molecule has 2 aromatic carbocycles. The summed E-state index contributed by atoms with van der Waals surface area (Å²) in [5, 5.41) is 2.49. The van der Waals surface area contributed by atoms with E-state index in [2.05, 4.69) is 16.2 Å². The Hall–Kier alpha value is -2.93. The molecule has 0 aliphatic heterocycles. The zero-order chi connectivity index (χ0) is 17.4. The van der Waals surface area contributed by atoms with Crippen molar-refractivity contribution in [2.45, 2.75) is 6.42 Å². The number of nitrogens with one attached hydrogen (secondary N) is 3. The Morgan fingerprint density at radius 3 is 2.38 bits per heavy atom. The largest absolute Gasteiger partial charge is 0.496 e. The van der Waals surface area contributed by atoms with E-state index in [9.17, 15) is 9.59 Å². The zero-order valence-electron chi connectivity index (χ0n) is 13.0. The van der Waals surface area contributed by atoms with Crippen molar-refractivity contribution in [3.05, 3.63) is 65.7 Å². The molecule has 2 aromatic rings. The Morgan fingerprint density at radius 2 is 1.67 bits per heavy atom. The maximum absolute atomic E-state index is 11.9. The average Bonchev–Trinajstić information content (AvgIpc) is 2.61. The van der Waals surface area contributed by atoms with Crippen LogP contribution in [0, 0.1) is 0 Å². The summed E-state index contributed by atoms with van der Waals surface area (Å²) >= 11 is 4.98. The lowest BCUT2D eigenvalue weighted by molar-refractivity contribution is -0.121. The van der Waals surface area contributed by atoms with Gasteiger partial charge in [-0.3, -0.25) is 25.8 Å². The van der Waals surface area contributed by atoms with Gasteiger partial charge in [-0.25, -0.2) is 0 Å². The van der Waals surface area contributed by atoms with Crippen molar-refractivity contribution in [1.82, 2.24) is 16.2 Å². The predicted molar refractivity (Wildman–Crippen MR) is 94.5 cm³/mol. The monoisotopic (exact) mass is 343 g/mol. The van der Waals surface area contributed by atoms with Crippen LogP contribution in [0.2, 0.25) is 0 Å². The highest BCUT2D eigenvalue weighted by molar-refractivity contribution is 7.80. The van der Waals surface area contributed by atoms with E-state index in [1.807, 2.05) is 18.2 Å². The number of hydrazine groups is 1. The van der Waals surface area contributed by atoms with Gasteiger partial charge in [-0.2, -0.15) is 0 Å². The van der Waals surface area contributed by atoms with Crippen molar-refractivity contribution in [3.8, 4) is 5.75 Å². The van der Waals surface area contributed by atoms with Crippen LogP contribution in [-0.4, -0.2) is 24.0 Å². The van der Waals surface area contributed by atoms with Crippen molar-refractivity contribution < 1.29 is 14.3 Å². The smallest absolute Gasteiger partial charge is 0.257 e. The number of hydrogen-bond donors (Lipinski definition) is 3. The van der Waals surface area contributed by atoms with Crippen LogP contribution >= 0.6 is 12.2 Å². The molecule has 0 heterocycles. The lowest BCUT2D eigenvalue weighted by Crippen LogP contribution is -2.48. The Balaban J connectivity index is 1.81. The van der Waals surface area contributed by atoms with Crippen LogP contribution in [0.4, 0.5) is 0 Å². The fourth-order valence-corrected chi connectivity index (χ4v) is 2.13. The number of para-hydroxylation sites is 1. The molecule has 0 fully saturated rings. The van der Waals surface area contributed by atoms with Crippen LogP contribution in [0.1, 0.15) is 15.9 Å². The molecule has 124 valence electrons. The molecule has 0 aliphatic rings. The van der Waals surface area contributed by atoms with Gasteiger partial charge in [-0.05, 0) is 30.4 Å². The van der Waals surface area contributed by atoms with Gasteiger partial charge in [0.25, 0.3) is 5.91 Å². The van der Waals surface area contributed by atoms with Gasteiger partial charge in [0, 0.05) is 11.1 Å². The number of carbonyl (C=O) groups excluding carboxylic acids is 2. The van der Waals surface area contributed by atoms with Crippen LogP contribution in [0.5, 0.6) is 5.75 Å². The Kier molecular flexibility index (Phi) is 6.27. The van der Waals surface area contributed by atoms with Crippen molar-refractivity contribution >= 4 is 29.1 Å². The summed E-state index contributed by atoms with van der Waals surface area (Å²) in [6.07, 6.45) is 0.117. The maximum atomic E-state index is 11.9. The Morgan fingerprint density at radius 1 is 1.00 bits per heavy atom. The van der Waals surface area contributed by atoms with Gasteiger partial charge in [0.2, 0.25) is 5.91 Å². The van der Waals surface area contributed by atoms with Crippen molar-refractivity contribution in [2.75, 3.05) is 7.11 Å². The van der Waals surface area contributed by atoms with Gasteiger partial charge in [-0.15, -0.1) is 0 Å². The van der Waals surface area contributed by atoms with Gasteiger partial charge in [0.1, 0.15) is 5.75 Å². The minimum absolute atomic E-state index is 0.0113. The summed E-state index contributed by atoms with van der Waals surface area (Å²) in [4.78, 5) is 23.8. The molecule has 2 rings (SSSR count). The molecule has 24 heavy (non-hydrogen) atoms. The number of thiocarbonyl (C=S) groups is 1. The second kappa shape index (κ2) is 8.64. The Bertz CT molecular complexity index is 735. The van der Waals surface area contributed by atoms with E-state index >= 15 is 0 Å². The Labute approximate surface area is 145 Å². The number of methoxy groups -OCH3 is 1. The van der Waals surface area contributed by atoms with Crippen LogP contribution < -0.4 is 20.9 Å². The van der Waals surface area contributed by atoms with Gasteiger partial charge in [-0.1, -0.05) is 36.4 Å². The maximum Gasteiger partial charge on any atom is 0.257 e. The highest BCUT2D eigenvalue weighted by Gasteiger charge is 2.10.